The first-order chi connectivity index (χ1) is 16.3. The monoisotopic (exact) mass is 425 g/mol. The molecule has 2 aliphatic rings. The molecule has 154 valence electrons. The van der Waals surface area contributed by atoms with E-state index in [1.165, 1.54) is 0 Å². The number of ether oxygens (including phenoxy) is 2. The van der Waals surface area contributed by atoms with Gasteiger partial charge in [0.25, 0.3) is 6.71 Å². The number of fused-ring (bicyclic) bond motifs is 4. The van der Waals surface area contributed by atoms with Crippen LogP contribution in [-0.4, -0.2) is 21.7 Å². The van der Waals surface area contributed by atoms with Crippen molar-refractivity contribution in [3.8, 4) is 45.5 Å². The molecule has 2 aliphatic heterocycles. The summed E-state index contributed by atoms with van der Waals surface area (Å²) in [7, 11) is 0. The van der Waals surface area contributed by atoms with Crippen LogP contribution in [0.15, 0.2) is 97.6 Å². The molecule has 0 saturated carbocycles. The van der Waals surface area contributed by atoms with Crippen molar-refractivity contribution in [2.24, 2.45) is 0 Å². The second kappa shape index (κ2) is 7.03. The summed E-state index contributed by atoms with van der Waals surface area (Å²) in [6.07, 6.45) is 7.15. The Labute approximate surface area is 190 Å². The van der Waals surface area contributed by atoms with E-state index in [-0.39, 0.29) is 6.71 Å². The molecule has 0 aliphatic carbocycles. The molecule has 5 heterocycles. The van der Waals surface area contributed by atoms with Crippen LogP contribution in [0.25, 0.3) is 22.5 Å². The number of nitrogens with zero attached hydrogens (tertiary/aromatic N) is 3. The Morgan fingerprint density at radius 2 is 1.12 bits per heavy atom. The predicted molar refractivity (Wildman–Crippen MR) is 128 cm³/mol. The van der Waals surface area contributed by atoms with E-state index in [4.69, 9.17) is 9.47 Å². The van der Waals surface area contributed by atoms with Gasteiger partial charge in [-0.3, -0.25) is 15.0 Å². The van der Waals surface area contributed by atoms with Crippen molar-refractivity contribution >= 4 is 23.1 Å². The number of hydrogen-bond acceptors (Lipinski definition) is 5. The first-order valence-electron chi connectivity index (χ1n) is 10.8. The second-order valence-corrected chi connectivity index (χ2v) is 8.12. The summed E-state index contributed by atoms with van der Waals surface area (Å²) in [5, 5.41) is 0. The van der Waals surface area contributed by atoms with Gasteiger partial charge in [0.05, 0.1) is 23.8 Å². The van der Waals surface area contributed by atoms with Crippen molar-refractivity contribution in [3.05, 3.63) is 97.6 Å². The minimum Gasteiger partial charge on any atom is -0.457 e. The van der Waals surface area contributed by atoms with Gasteiger partial charge in [0.2, 0.25) is 0 Å². The van der Waals surface area contributed by atoms with Crippen LogP contribution in [0.1, 0.15) is 0 Å². The molecule has 0 spiro atoms. The fourth-order valence-electron chi connectivity index (χ4n) is 4.72. The maximum Gasteiger partial charge on any atom is 0.260 e. The highest BCUT2D eigenvalue weighted by atomic mass is 16.5. The average Bonchev–Trinajstić information content (AvgIpc) is 2.89. The lowest BCUT2D eigenvalue weighted by molar-refractivity contribution is 0.460. The van der Waals surface area contributed by atoms with Gasteiger partial charge in [-0.05, 0) is 70.6 Å². The van der Waals surface area contributed by atoms with Gasteiger partial charge in [0, 0.05) is 17.9 Å². The first-order valence-corrected chi connectivity index (χ1v) is 10.8. The number of hydrogen-bond donors (Lipinski definition) is 0. The van der Waals surface area contributed by atoms with Crippen LogP contribution in [0.2, 0.25) is 0 Å². The number of pyridine rings is 3. The van der Waals surface area contributed by atoms with Crippen LogP contribution < -0.4 is 25.9 Å². The standard InChI is InChI=1S/C27H16BN3O2/c1-3-11-30-21(5-1)17-7-9-23-19(13-17)28-20-14-18(22-6-2-4-12-31-22)8-10-24(20)33-26-16-29-15-25(32-23)27(26)28/h1-16H. The largest absolute Gasteiger partial charge is 0.457 e. The normalized spacial score (nSPS) is 12.7. The molecule has 0 bridgehead atoms. The predicted octanol–water partition coefficient (Wildman–Crippen LogP) is 3.93. The van der Waals surface area contributed by atoms with Gasteiger partial charge in [0.15, 0.2) is 0 Å². The third-order valence-electron chi connectivity index (χ3n) is 6.21. The molecule has 5 aromatic rings. The van der Waals surface area contributed by atoms with Crippen LogP contribution in [-0.2, 0) is 0 Å². The van der Waals surface area contributed by atoms with Crippen molar-refractivity contribution in [1.82, 2.24) is 15.0 Å². The number of rotatable bonds is 2. The van der Waals surface area contributed by atoms with Crippen LogP contribution in [0, 0.1) is 0 Å². The van der Waals surface area contributed by atoms with E-state index < -0.39 is 0 Å². The lowest BCUT2D eigenvalue weighted by Crippen LogP contribution is -2.57. The molecule has 0 unspecified atom stereocenters. The molecular formula is C27H16BN3O2. The zero-order valence-corrected chi connectivity index (χ0v) is 17.5. The topological polar surface area (TPSA) is 57.1 Å². The molecule has 6 heteroatoms. The Kier molecular flexibility index (Phi) is 3.87. The molecule has 0 fully saturated rings. The van der Waals surface area contributed by atoms with E-state index in [0.29, 0.717) is 0 Å². The van der Waals surface area contributed by atoms with E-state index >= 15 is 0 Å². The van der Waals surface area contributed by atoms with Gasteiger partial charge in [-0.2, -0.15) is 0 Å². The van der Waals surface area contributed by atoms with Gasteiger partial charge in [0.1, 0.15) is 23.0 Å². The minimum absolute atomic E-state index is 0.0437. The Balaban J connectivity index is 1.46. The Morgan fingerprint density at radius 1 is 0.576 bits per heavy atom. The fraction of sp³-hybridized carbons (Fsp3) is 0. The second-order valence-electron chi connectivity index (χ2n) is 8.12. The van der Waals surface area contributed by atoms with Crippen molar-refractivity contribution in [2.75, 3.05) is 0 Å². The Hall–Kier alpha value is -4.45. The van der Waals surface area contributed by atoms with Gasteiger partial charge in [-0.1, -0.05) is 24.3 Å². The van der Waals surface area contributed by atoms with E-state index in [9.17, 15) is 0 Å². The molecule has 33 heavy (non-hydrogen) atoms. The van der Waals surface area contributed by atoms with Crippen molar-refractivity contribution in [1.29, 1.82) is 0 Å². The highest BCUT2D eigenvalue weighted by Gasteiger charge is 2.40. The minimum atomic E-state index is -0.0437. The number of aromatic nitrogens is 3. The molecule has 2 aromatic carbocycles. The zero-order valence-electron chi connectivity index (χ0n) is 17.5. The van der Waals surface area contributed by atoms with E-state index in [0.717, 1.165) is 61.9 Å². The lowest BCUT2D eigenvalue weighted by atomic mass is 9.35. The first kappa shape index (κ1) is 18.2. The van der Waals surface area contributed by atoms with Crippen molar-refractivity contribution in [2.45, 2.75) is 0 Å². The van der Waals surface area contributed by atoms with Gasteiger partial charge >= 0.3 is 0 Å². The van der Waals surface area contributed by atoms with Crippen LogP contribution in [0.3, 0.4) is 0 Å². The van der Waals surface area contributed by atoms with Crippen LogP contribution in [0.4, 0.5) is 0 Å². The fourth-order valence-corrected chi connectivity index (χ4v) is 4.72. The number of benzene rings is 2. The third-order valence-corrected chi connectivity index (χ3v) is 6.21. The SMILES string of the molecule is c1ccc(-c2ccc3c(c2)B2c4cc(-c5ccccn5)ccc4Oc4cncc(c42)O3)nc1. The van der Waals surface area contributed by atoms with E-state index in [2.05, 4.69) is 27.1 Å². The van der Waals surface area contributed by atoms with Gasteiger partial charge in [-0.15, -0.1) is 0 Å². The summed E-state index contributed by atoms with van der Waals surface area (Å²) in [6, 6.07) is 24.4. The van der Waals surface area contributed by atoms with Crippen LogP contribution in [0.5, 0.6) is 23.0 Å². The van der Waals surface area contributed by atoms with E-state index in [1.807, 2.05) is 73.1 Å². The molecule has 5 nitrogen and oxygen atoms in total. The molecule has 0 radical (unpaired) electrons. The third kappa shape index (κ3) is 2.84. The van der Waals surface area contributed by atoms with E-state index in [1.54, 1.807) is 12.4 Å². The summed E-state index contributed by atoms with van der Waals surface area (Å²) < 4.78 is 12.5. The van der Waals surface area contributed by atoms with Crippen LogP contribution >= 0.6 is 0 Å². The van der Waals surface area contributed by atoms with Crippen molar-refractivity contribution < 1.29 is 9.47 Å². The molecule has 0 N–H and O–H groups in total. The van der Waals surface area contributed by atoms with Gasteiger partial charge < -0.3 is 9.47 Å². The quantitative estimate of drug-likeness (QED) is 0.393. The Morgan fingerprint density at radius 3 is 1.61 bits per heavy atom. The lowest BCUT2D eigenvalue weighted by Gasteiger charge is -2.32. The summed E-state index contributed by atoms with van der Waals surface area (Å²) in [5.41, 5.74) is 7.12. The highest BCUT2D eigenvalue weighted by Crippen LogP contribution is 2.35. The molecule has 7 rings (SSSR count). The zero-order chi connectivity index (χ0) is 21.8. The smallest absolute Gasteiger partial charge is 0.260 e. The molecule has 0 amide bonds. The van der Waals surface area contributed by atoms with Gasteiger partial charge in [-0.25, -0.2) is 0 Å². The molecule has 0 atom stereocenters. The molecular weight excluding hydrogens is 409 g/mol. The Bertz CT molecular complexity index is 1410. The summed E-state index contributed by atoms with van der Waals surface area (Å²) in [6.45, 7) is -0.0437. The summed E-state index contributed by atoms with van der Waals surface area (Å²) in [4.78, 5) is 13.4. The summed E-state index contributed by atoms with van der Waals surface area (Å²) in [5.74, 6) is 3.10. The van der Waals surface area contributed by atoms with Crippen molar-refractivity contribution in [3.63, 3.8) is 0 Å². The summed E-state index contributed by atoms with van der Waals surface area (Å²) >= 11 is 0. The molecule has 0 saturated heterocycles. The average molecular weight is 425 g/mol. The molecule has 3 aromatic heterocycles. The maximum atomic E-state index is 6.27. The highest BCUT2D eigenvalue weighted by molar-refractivity contribution is 6.98. The maximum absolute atomic E-state index is 6.27.